The van der Waals surface area contributed by atoms with Crippen molar-refractivity contribution in [2.24, 2.45) is 0 Å². The summed E-state index contributed by atoms with van der Waals surface area (Å²) in [5.74, 6) is 0. The lowest BCUT2D eigenvalue weighted by Crippen LogP contribution is -2.11. The molecule has 0 atom stereocenters. The molecule has 1 N–H and O–H groups in total. The number of rotatable bonds is 2. The maximum atomic E-state index is 3.90. The highest BCUT2D eigenvalue weighted by Crippen LogP contribution is 2.31. The first kappa shape index (κ1) is 7.66. The Morgan fingerprint density at radius 1 is 1.60 bits per heavy atom. The summed E-state index contributed by atoms with van der Waals surface area (Å²) in [5, 5.41) is 6.86. The van der Waals surface area contributed by atoms with Gasteiger partial charge in [-0.2, -0.15) is 16.9 Å². The van der Waals surface area contributed by atoms with Crippen LogP contribution in [0.1, 0.15) is 19.5 Å². The SMILES string of the molecule is CSC(C)(C)c1ccn[nH]1. The smallest absolute Gasteiger partial charge is 0.0515 e. The molecule has 1 aromatic heterocycles. The second-order valence-corrected chi connectivity index (χ2v) is 4.11. The molecule has 0 fully saturated rings. The third-order valence-corrected chi connectivity index (χ3v) is 2.90. The van der Waals surface area contributed by atoms with E-state index in [0.717, 1.165) is 0 Å². The van der Waals surface area contributed by atoms with Crippen molar-refractivity contribution in [2.75, 3.05) is 6.26 Å². The van der Waals surface area contributed by atoms with Gasteiger partial charge in [-0.3, -0.25) is 5.10 Å². The van der Waals surface area contributed by atoms with Gasteiger partial charge < -0.3 is 0 Å². The molecule has 0 spiro atoms. The number of nitrogens with one attached hydrogen (secondary N) is 1. The second kappa shape index (κ2) is 2.66. The lowest BCUT2D eigenvalue weighted by molar-refractivity contribution is 0.742. The summed E-state index contributed by atoms with van der Waals surface area (Å²) in [7, 11) is 0. The predicted molar refractivity (Wildman–Crippen MR) is 45.1 cm³/mol. The van der Waals surface area contributed by atoms with Gasteiger partial charge in [-0.25, -0.2) is 0 Å². The largest absolute Gasteiger partial charge is 0.281 e. The van der Waals surface area contributed by atoms with E-state index in [2.05, 4.69) is 30.3 Å². The second-order valence-electron chi connectivity index (χ2n) is 2.68. The summed E-state index contributed by atoms with van der Waals surface area (Å²) in [6, 6.07) is 2.01. The average molecular weight is 156 g/mol. The Hall–Kier alpha value is -0.440. The summed E-state index contributed by atoms with van der Waals surface area (Å²) in [4.78, 5) is 0. The molecule has 0 aliphatic heterocycles. The fraction of sp³-hybridized carbons (Fsp3) is 0.571. The van der Waals surface area contributed by atoms with Gasteiger partial charge in [0.2, 0.25) is 0 Å². The van der Waals surface area contributed by atoms with Crippen LogP contribution in [0.2, 0.25) is 0 Å². The normalized spacial score (nSPS) is 11.9. The van der Waals surface area contributed by atoms with Crippen LogP contribution in [0.15, 0.2) is 12.3 Å². The molecule has 1 rings (SSSR count). The molecule has 1 heterocycles. The van der Waals surface area contributed by atoms with E-state index in [1.54, 1.807) is 6.20 Å². The van der Waals surface area contributed by atoms with Crippen LogP contribution in [-0.2, 0) is 4.75 Å². The average Bonchev–Trinajstić information content (AvgIpc) is 2.38. The van der Waals surface area contributed by atoms with E-state index < -0.39 is 0 Å². The van der Waals surface area contributed by atoms with Gasteiger partial charge in [0.15, 0.2) is 0 Å². The molecule has 0 amide bonds. The Morgan fingerprint density at radius 3 is 2.70 bits per heavy atom. The van der Waals surface area contributed by atoms with Crippen LogP contribution in [0.25, 0.3) is 0 Å². The molecule has 0 radical (unpaired) electrons. The van der Waals surface area contributed by atoms with Crippen LogP contribution in [0, 0.1) is 0 Å². The highest BCUT2D eigenvalue weighted by Gasteiger charge is 2.19. The zero-order valence-corrected chi connectivity index (χ0v) is 7.33. The van der Waals surface area contributed by atoms with Gasteiger partial charge in [0.25, 0.3) is 0 Å². The van der Waals surface area contributed by atoms with Gasteiger partial charge in [-0.05, 0) is 26.2 Å². The van der Waals surface area contributed by atoms with Gasteiger partial charge >= 0.3 is 0 Å². The number of H-pyrrole nitrogens is 1. The van der Waals surface area contributed by atoms with Crippen LogP contribution in [0.3, 0.4) is 0 Å². The van der Waals surface area contributed by atoms with Gasteiger partial charge in [-0.1, -0.05) is 0 Å². The predicted octanol–water partition coefficient (Wildman–Crippen LogP) is 2.01. The number of aromatic amines is 1. The highest BCUT2D eigenvalue weighted by molar-refractivity contribution is 7.99. The number of hydrogen-bond acceptors (Lipinski definition) is 2. The van der Waals surface area contributed by atoms with Crippen molar-refractivity contribution < 1.29 is 0 Å². The van der Waals surface area contributed by atoms with Crippen molar-refractivity contribution in [2.45, 2.75) is 18.6 Å². The molecule has 0 aliphatic carbocycles. The maximum absolute atomic E-state index is 3.90. The van der Waals surface area contributed by atoms with E-state index in [1.165, 1.54) is 5.69 Å². The number of hydrogen-bond donors (Lipinski definition) is 1. The van der Waals surface area contributed by atoms with Crippen LogP contribution in [0.5, 0.6) is 0 Å². The van der Waals surface area contributed by atoms with Crippen LogP contribution in [0.4, 0.5) is 0 Å². The van der Waals surface area contributed by atoms with E-state index >= 15 is 0 Å². The van der Waals surface area contributed by atoms with Gasteiger partial charge in [0.1, 0.15) is 0 Å². The Kier molecular flexibility index (Phi) is 2.04. The third kappa shape index (κ3) is 1.34. The number of aromatic nitrogens is 2. The van der Waals surface area contributed by atoms with Crippen molar-refractivity contribution in [1.82, 2.24) is 10.2 Å². The lowest BCUT2D eigenvalue weighted by Gasteiger charge is -2.19. The fourth-order valence-corrected chi connectivity index (χ4v) is 1.03. The Balaban J connectivity index is 2.85. The summed E-state index contributed by atoms with van der Waals surface area (Å²) >= 11 is 1.81. The van der Waals surface area contributed by atoms with Crippen LogP contribution >= 0.6 is 11.8 Å². The molecule has 0 saturated heterocycles. The third-order valence-electron chi connectivity index (χ3n) is 1.66. The molecular formula is C7H12N2S. The highest BCUT2D eigenvalue weighted by atomic mass is 32.2. The molecule has 0 bridgehead atoms. The molecule has 1 aromatic rings. The lowest BCUT2D eigenvalue weighted by atomic mass is 10.1. The van der Waals surface area contributed by atoms with Crippen LogP contribution < -0.4 is 0 Å². The van der Waals surface area contributed by atoms with Crippen molar-refractivity contribution in [3.8, 4) is 0 Å². The first-order valence-corrected chi connectivity index (χ1v) is 4.44. The summed E-state index contributed by atoms with van der Waals surface area (Å²) < 4.78 is 0.163. The molecule has 0 saturated carbocycles. The fourth-order valence-electron chi connectivity index (χ4n) is 0.701. The maximum Gasteiger partial charge on any atom is 0.0515 e. The first-order valence-electron chi connectivity index (χ1n) is 3.22. The van der Waals surface area contributed by atoms with Crippen molar-refractivity contribution >= 4 is 11.8 Å². The molecule has 2 nitrogen and oxygen atoms in total. The quantitative estimate of drug-likeness (QED) is 0.709. The number of nitrogens with zero attached hydrogens (tertiary/aromatic N) is 1. The van der Waals surface area contributed by atoms with E-state index in [-0.39, 0.29) is 4.75 Å². The first-order chi connectivity index (χ1) is 4.67. The molecule has 0 aliphatic rings. The monoisotopic (exact) mass is 156 g/mol. The molecule has 10 heavy (non-hydrogen) atoms. The molecule has 56 valence electrons. The Bertz CT molecular complexity index is 191. The van der Waals surface area contributed by atoms with Crippen molar-refractivity contribution in [3.05, 3.63) is 18.0 Å². The molecule has 0 unspecified atom stereocenters. The minimum Gasteiger partial charge on any atom is -0.281 e. The van der Waals surface area contributed by atoms with E-state index in [0.29, 0.717) is 0 Å². The van der Waals surface area contributed by atoms with Crippen molar-refractivity contribution in [1.29, 1.82) is 0 Å². The van der Waals surface area contributed by atoms with E-state index in [9.17, 15) is 0 Å². The molecular weight excluding hydrogens is 144 g/mol. The van der Waals surface area contributed by atoms with Gasteiger partial charge in [0, 0.05) is 6.20 Å². The Morgan fingerprint density at radius 2 is 2.30 bits per heavy atom. The minimum atomic E-state index is 0.163. The zero-order chi connectivity index (χ0) is 7.61. The van der Waals surface area contributed by atoms with E-state index in [1.807, 2.05) is 17.8 Å². The topological polar surface area (TPSA) is 28.7 Å². The van der Waals surface area contributed by atoms with Crippen molar-refractivity contribution in [3.63, 3.8) is 0 Å². The Labute approximate surface area is 65.4 Å². The van der Waals surface area contributed by atoms with E-state index in [4.69, 9.17) is 0 Å². The standard InChI is InChI=1S/C7H12N2S/c1-7(2,10-3)6-4-5-8-9-6/h4-5H,1-3H3,(H,8,9). The van der Waals surface area contributed by atoms with Gasteiger partial charge in [0.05, 0.1) is 10.4 Å². The summed E-state index contributed by atoms with van der Waals surface area (Å²) in [5.41, 5.74) is 1.18. The molecule has 0 aromatic carbocycles. The number of thioether (sulfide) groups is 1. The summed E-state index contributed by atoms with van der Waals surface area (Å²) in [6.07, 6.45) is 3.88. The molecule has 3 heteroatoms. The minimum absolute atomic E-state index is 0.163. The van der Waals surface area contributed by atoms with Crippen LogP contribution in [-0.4, -0.2) is 16.5 Å². The van der Waals surface area contributed by atoms with Gasteiger partial charge in [-0.15, -0.1) is 0 Å². The summed E-state index contributed by atoms with van der Waals surface area (Å²) in [6.45, 7) is 4.34. The zero-order valence-electron chi connectivity index (χ0n) is 6.51.